The van der Waals surface area contributed by atoms with Gasteiger partial charge in [-0.15, -0.1) is 0 Å². The third kappa shape index (κ3) is 10.8. The van der Waals surface area contributed by atoms with Crippen LogP contribution in [0.1, 0.15) is 57.9 Å². The quantitative estimate of drug-likeness (QED) is 0.126. The smallest absolute Gasteiger partial charge is 0.506 e. The average Bonchev–Trinajstić information content (AvgIpc) is 3.06. The van der Waals surface area contributed by atoms with E-state index in [-0.39, 0.29) is 78.7 Å². The number of ether oxygens (including phenoxy) is 4. The number of anilines is 2. The van der Waals surface area contributed by atoms with Crippen molar-refractivity contribution in [3.05, 3.63) is 64.6 Å². The molecule has 0 atom stereocenters. The number of likely N-dealkylation sites (N-methyl/N-ethyl adjacent to an activating group) is 1. The van der Waals surface area contributed by atoms with Gasteiger partial charge >= 0.3 is 12.3 Å². The van der Waals surface area contributed by atoms with Crippen LogP contribution < -0.4 is 10.2 Å². The number of aliphatic imine (C=N–C) groups is 1. The van der Waals surface area contributed by atoms with Crippen molar-refractivity contribution < 1.29 is 48.0 Å². The van der Waals surface area contributed by atoms with E-state index >= 15 is 0 Å². The van der Waals surface area contributed by atoms with Crippen LogP contribution in [0, 0.1) is 0 Å². The summed E-state index contributed by atoms with van der Waals surface area (Å²) in [6.45, 7) is 3.91. The van der Waals surface area contributed by atoms with Crippen molar-refractivity contribution in [2.24, 2.45) is 4.99 Å². The van der Waals surface area contributed by atoms with Crippen LogP contribution in [0.2, 0.25) is 0 Å². The van der Waals surface area contributed by atoms with Gasteiger partial charge in [-0.1, -0.05) is 26.7 Å². The van der Waals surface area contributed by atoms with E-state index in [4.69, 9.17) is 18.9 Å². The highest BCUT2D eigenvalue weighted by molar-refractivity contribution is 6.42. The molecule has 0 aliphatic heterocycles. The number of hydrogen-bond donors (Lipinski definition) is 2. The Hall–Kier alpha value is -5.40. The number of ketones is 1. The Kier molecular flexibility index (Phi) is 14.8. The third-order valence-corrected chi connectivity index (χ3v) is 7.52. The number of nitrogens with zero attached hydrogens (tertiary/aromatic N) is 3. The van der Waals surface area contributed by atoms with Crippen LogP contribution in [0.3, 0.4) is 0 Å². The number of carbonyl (C=O) groups is 5. The van der Waals surface area contributed by atoms with Gasteiger partial charge in [-0.05, 0) is 49.3 Å². The Balaban J connectivity index is 1.86. The Morgan fingerprint density at radius 1 is 0.800 bits per heavy atom. The molecule has 0 heterocycles. The molecule has 2 aliphatic rings. The fourth-order valence-electron chi connectivity index (χ4n) is 4.67. The molecule has 2 N–H and O–H groups in total. The molecular formula is C36H46N4O10. The summed E-state index contributed by atoms with van der Waals surface area (Å²) < 4.78 is 19.8. The number of carbonyl (C=O) groups excluding carboxylic acids is 5. The number of aliphatic hydroxyl groups is 1. The highest BCUT2D eigenvalue weighted by Crippen LogP contribution is 2.42. The molecule has 2 aliphatic carbocycles. The van der Waals surface area contributed by atoms with Crippen molar-refractivity contribution in [1.29, 1.82) is 0 Å². The zero-order chi connectivity index (χ0) is 36.8. The Morgan fingerprint density at radius 2 is 1.40 bits per heavy atom. The van der Waals surface area contributed by atoms with Gasteiger partial charge in [0.2, 0.25) is 17.6 Å². The van der Waals surface area contributed by atoms with Crippen LogP contribution in [0.5, 0.6) is 0 Å². The van der Waals surface area contributed by atoms with Crippen LogP contribution in [0.25, 0.3) is 5.57 Å². The highest BCUT2D eigenvalue weighted by Gasteiger charge is 2.39. The molecule has 14 heteroatoms. The molecule has 1 aromatic carbocycles. The summed E-state index contributed by atoms with van der Waals surface area (Å²) in [6.07, 6.45) is 5.89. The van der Waals surface area contributed by atoms with Gasteiger partial charge in [0.05, 0.1) is 48.6 Å². The SMILES string of the molecule is CCCCOC(=O)OCCC(=O)N=C1C=C(N(C)C)C=CC1=C1C(=O)C(c2ccc(N(C)C)cc2NC(=O)CCOC(=O)OCCCC)=C1O. The molecule has 3 rings (SSSR count). The van der Waals surface area contributed by atoms with Crippen molar-refractivity contribution in [2.75, 3.05) is 64.8 Å². The second-order valence-electron chi connectivity index (χ2n) is 11.8. The van der Waals surface area contributed by atoms with Crippen LogP contribution in [-0.4, -0.2) is 100 Å². The van der Waals surface area contributed by atoms with E-state index in [1.54, 1.807) is 60.3 Å². The minimum absolute atomic E-state index is 0.0275. The number of amides is 2. The largest absolute Gasteiger partial charge is 0.508 e. The molecule has 270 valence electrons. The Morgan fingerprint density at radius 3 is 1.96 bits per heavy atom. The normalized spacial score (nSPS) is 16.0. The summed E-state index contributed by atoms with van der Waals surface area (Å²) in [7, 11) is 7.22. The summed E-state index contributed by atoms with van der Waals surface area (Å²) >= 11 is 0. The molecule has 1 aromatic rings. The minimum atomic E-state index is -0.871. The number of benzene rings is 1. The molecule has 14 nitrogen and oxygen atoms in total. The first kappa shape index (κ1) is 39.0. The van der Waals surface area contributed by atoms with Gasteiger partial charge < -0.3 is 39.2 Å². The second-order valence-corrected chi connectivity index (χ2v) is 11.8. The molecule has 0 unspecified atom stereocenters. The van der Waals surface area contributed by atoms with Gasteiger partial charge in [0.25, 0.3) is 0 Å². The monoisotopic (exact) mass is 694 g/mol. The van der Waals surface area contributed by atoms with Crippen molar-refractivity contribution in [3.8, 4) is 0 Å². The molecule has 0 bridgehead atoms. The molecule has 0 saturated carbocycles. The van der Waals surface area contributed by atoms with E-state index < -0.39 is 29.9 Å². The zero-order valence-electron chi connectivity index (χ0n) is 29.5. The topological polar surface area (TPSA) is 173 Å². The molecule has 0 aromatic heterocycles. The van der Waals surface area contributed by atoms with E-state index in [1.807, 2.05) is 27.9 Å². The second kappa shape index (κ2) is 19.0. The van der Waals surface area contributed by atoms with E-state index in [9.17, 15) is 29.1 Å². The van der Waals surface area contributed by atoms with E-state index in [0.29, 0.717) is 24.2 Å². The molecule has 0 saturated heterocycles. The summed E-state index contributed by atoms with van der Waals surface area (Å²) in [5.74, 6) is -1.95. The predicted molar refractivity (Wildman–Crippen MR) is 188 cm³/mol. The lowest BCUT2D eigenvalue weighted by Crippen LogP contribution is -2.27. The summed E-state index contributed by atoms with van der Waals surface area (Å²) in [6, 6.07) is 5.01. The third-order valence-electron chi connectivity index (χ3n) is 7.52. The van der Waals surface area contributed by atoms with Crippen LogP contribution in [0.4, 0.5) is 21.0 Å². The van der Waals surface area contributed by atoms with E-state index in [0.717, 1.165) is 12.8 Å². The van der Waals surface area contributed by atoms with Gasteiger partial charge in [-0.2, -0.15) is 0 Å². The minimum Gasteiger partial charge on any atom is -0.506 e. The fourth-order valence-corrected chi connectivity index (χ4v) is 4.67. The Labute approximate surface area is 292 Å². The van der Waals surface area contributed by atoms with E-state index in [2.05, 4.69) is 10.3 Å². The number of nitrogens with one attached hydrogen (secondary N) is 1. The standard InChI is InChI=1S/C36H46N4O10/c1-7-9-17-47-35(45)49-19-15-29(41)37-27-21-23(39(3)4)11-13-25(27)31-33(43)32(34(31)44)26-14-12-24(40(5)6)22-28(26)38-30(42)16-20-50-36(46)48-18-10-8-2/h11-14,21-22,43H,7-10,15-20H2,1-6H3,(H,37,41). The van der Waals surface area contributed by atoms with Gasteiger partial charge in [0.15, 0.2) is 0 Å². The van der Waals surface area contributed by atoms with Crippen molar-refractivity contribution in [3.63, 3.8) is 0 Å². The first-order chi connectivity index (χ1) is 23.9. The predicted octanol–water partition coefficient (Wildman–Crippen LogP) is 5.51. The lowest BCUT2D eigenvalue weighted by Gasteiger charge is -2.27. The number of allylic oxidation sites excluding steroid dienone is 6. The lowest BCUT2D eigenvalue weighted by molar-refractivity contribution is -0.119. The number of Topliss-reactive ketones (excluding diaryl/α,β-unsaturated/α-hetero) is 1. The van der Waals surface area contributed by atoms with Crippen LogP contribution >= 0.6 is 0 Å². The lowest BCUT2D eigenvalue weighted by atomic mass is 9.78. The fraction of sp³-hybridized carbons (Fsp3) is 0.444. The molecule has 2 amide bonds. The number of rotatable bonds is 16. The maximum Gasteiger partial charge on any atom is 0.508 e. The average molecular weight is 695 g/mol. The Bertz CT molecular complexity index is 1620. The molecule has 0 spiro atoms. The maximum absolute atomic E-state index is 13.7. The first-order valence-corrected chi connectivity index (χ1v) is 16.5. The summed E-state index contributed by atoms with van der Waals surface area (Å²) in [5.41, 5.74) is 2.24. The van der Waals surface area contributed by atoms with Crippen LogP contribution in [-0.2, 0) is 33.3 Å². The number of aliphatic hydroxyl groups excluding tert-OH is 1. The first-order valence-electron chi connectivity index (χ1n) is 16.5. The summed E-state index contributed by atoms with van der Waals surface area (Å²) in [5, 5.41) is 14.1. The highest BCUT2D eigenvalue weighted by atomic mass is 16.7. The number of unbranched alkanes of at least 4 members (excludes halogenated alkanes) is 2. The van der Waals surface area contributed by atoms with Crippen molar-refractivity contribution in [1.82, 2.24) is 4.90 Å². The maximum atomic E-state index is 13.7. The van der Waals surface area contributed by atoms with Gasteiger partial charge in [-0.25, -0.2) is 14.6 Å². The molecule has 0 radical (unpaired) electrons. The molecule has 50 heavy (non-hydrogen) atoms. The van der Waals surface area contributed by atoms with Crippen molar-refractivity contribution >= 4 is 52.6 Å². The zero-order valence-corrected chi connectivity index (χ0v) is 29.5. The van der Waals surface area contributed by atoms with Gasteiger partial charge in [-0.3, -0.25) is 14.4 Å². The van der Waals surface area contributed by atoms with Crippen LogP contribution in [0.15, 0.2) is 64.0 Å². The van der Waals surface area contributed by atoms with Gasteiger partial charge in [0.1, 0.15) is 19.0 Å². The molecule has 0 fully saturated rings. The van der Waals surface area contributed by atoms with Crippen molar-refractivity contribution in [2.45, 2.75) is 52.4 Å². The molecular weight excluding hydrogens is 648 g/mol. The number of hydrogen-bond acceptors (Lipinski definition) is 12. The summed E-state index contributed by atoms with van der Waals surface area (Å²) in [4.78, 5) is 70.6. The van der Waals surface area contributed by atoms with E-state index in [1.165, 1.54) is 0 Å². The van der Waals surface area contributed by atoms with Gasteiger partial charge in [0, 0.05) is 50.7 Å².